The minimum atomic E-state index is -0.790. The lowest BCUT2D eigenvalue weighted by atomic mass is 10.0. The maximum atomic E-state index is 13.0. The SMILES string of the molecule is CC/C=C\C/C=C\C/C=C\C/C=C\C/C=C\CCCCCCCCCCCCCC(=O)OCC(COC(=O)CCCCCCC/C=C\CCCCCCCC)OC(=O)CCCCCCCCCC/C=C\C/C=C\C/C=C\CCCCCCC. The van der Waals surface area contributed by atoms with Gasteiger partial charge in [0.1, 0.15) is 13.2 Å². The Labute approximate surface area is 514 Å². The van der Waals surface area contributed by atoms with Gasteiger partial charge in [-0.2, -0.15) is 0 Å². The van der Waals surface area contributed by atoms with E-state index < -0.39 is 6.10 Å². The number of rotatable bonds is 64. The summed E-state index contributed by atoms with van der Waals surface area (Å²) in [6.07, 6.45) is 96.7. The minimum absolute atomic E-state index is 0.0846. The van der Waals surface area contributed by atoms with E-state index in [0.717, 1.165) is 116 Å². The molecule has 6 nitrogen and oxygen atoms in total. The van der Waals surface area contributed by atoms with Gasteiger partial charge in [0.05, 0.1) is 0 Å². The fourth-order valence-electron chi connectivity index (χ4n) is 9.94. The Kier molecular flexibility index (Phi) is 67.2. The van der Waals surface area contributed by atoms with E-state index in [1.54, 1.807) is 0 Å². The van der Waals surface area contributed by atoms with Gasteiger partial charge in [0, 0.05) is 19.3 Å². The summed E-state index contributed by atoms with van der Waals surface area (Å²) in [5, 5.41) is 0. The van der Waals surface area contributed by atoms with Gasteiger partial charge in [-0.1, -0.05) is 304 Å². The van der Waals surface area contributed by atoms with Crippen molar-refractivity contribution in [2.45, 2.75) is 348 Å². The zero-order valence-electron chi connectivity index (χ0n) is 54.7. The summed E-state index contributed by atoms with van der Waals surface area (Å²) in [5.41, 5.74) is 0. The highest BCUT2D eigenvalue weighted by Crippen LogP contribution is 2.16. The number of unbranched alkanes of at least 4 members (excludes halogenated alkanes) is 35. The number of carbonyl (C=O) groups excluding carboxylic acids is 3. The van der Waals surface area contributed by atoms with Crippen molar-refractivity contribution in [1.29, 1.82) is 0 Å². The van der Waals surface area contributed by atoms with Crippen molar-refractivity contribution in [1.82, 2.24) is 0 Å². The first-order chi connectivity index (χ1) is 41.0. The molecule has 0 radical (unpaired) electrons. The average Bonchev–Trinajstić information content (AvgIpc) is 3.49. The van der Waals surface area contributed by atoms with Crippen LogP contribution in [0.15, 0.2) is 109 Å². The van der Waals surface area contributed by atoms with Crippen LogP contribution in [0.3, 0.4) is 0 Å². The van der Waals surface area contributed by atoms with Gasteiger partial charge in [-0.3, -0.25) is 14.4 Å². The first-order valence-corrected chi connectivity index (χ1v) is 35.4. The highest BCUT2D eigenvalue weighted by molar-refractivity contribution is 5.71. The maximum absolute atomic E-state index is 13.0. The normalized spacial score (nSPS) is 12.8. The molecule has 0 aromatic heterocycles. The van der Waals surface area contributed by atoms with Crippen LogP contribution in [0.5, 0.6) is 0 Å². The smallest absolute Gasteiger partial charge is 0.306 e. The summed E-state index contributed by atoms with van der Waals surface area (Å²) in [7, 11) is 0. The Morgan fingerprint density at radius 2 is 0.470 bits per heavy atom. The summed E-state index contributed by atoms with van der Waals surface area (Å²) >= 11 is 0. The molecule has 1 unspecified atom stereocenters. The van der Waals surface area contributed by atoms with E-state index in [1.807, 2.05) is 0 Å². The zero-order valence-corrected chi connectivity index (χ0v) is 54.7. The van der Waals surface area contributed by atoms with E-state index in [-0.39, 0.29) is 31.1 Å². The Morgan fingerprint density at radius 3 is 0.747 bits per heavy atom. The third-order valence-corrected chi connectivity index (χ3v) is 15.2. The van der Waals surface area contributed by atoms with Crippen molar-refractivity contribution in [3.63, 3.8) is 0 Å². The molecule has 0 N–H and O–H groups in total. The Bertz CT molecular complexity index is 1660. The van der Waals surface area contributed by atoms with Gasteiger partial charge in [0.25, 0.3) is 0 Å². The van der Waals surface area contributed by atoms with E-state index in [9.17, 15) is 14.4 Å². The first-order valence-electron chi connectivity index (χ1n) is 35.4. The zero-order chi connectivity index (χ0) is 59.9. The van der Waals surface area contributed by atoms with Gasteiger partial charge in [-0.15, -0.1) is 0 Å². The lowest BCUT2D eigenvalue weighted by molar-refractivity contribution is -0.167. The molecule has 0 rings (SSSR count). The molecule has 0 fully saturated rings. The van der Waals surface area contributed by atoms with Crippen LogP contribution < -0.4 is 0 Å². The fraction of sp³-hybridized carbons (Fsp3) is 0.727. The van der Waals surface area contributed by atoms with Gasteiger partial charge >= 0.3 is 17.9 Å². The van der Waals surface area contributed by atoms with E-state index in [2.05, 4.69) is 130 Å². The number of hydrogen-bond donors (Lipinski definition) is 0. The van der Waals surface area contributed by atoms with E-state index in [4.69, 9.17) is 14.2 Å². The summed E-state index contributed by atoms with van der Waals surface area (Å²) in [4.78, 5) is 38.5. The molecule has 0 bridgehead atoms. The van der Waals surface area contributed by atoms with Crippen molar-refractivity contribution < 1.29 is 28.6 Å². The van der Waals surface area contributed by atoms with Crippen molar-refractivity contribution in [3.8, 4) is 0 Å². The second-order valence-electron chi connectivity index (χ2n) is 23.4. The lowest BCUT2D eigenvalue weighted by Gasteiger charge is -2.18. The average molecular weight is 1150 g/mol. The summed E-state index contributed by atoms with van der Waals surface area (Å²) < 4.78 is 17.0. The number of hydrogen-bond acceptors (Lipinski definition) is 6. The van der Waals surface area contributed by atoms with Crippen LogP contribution in [0, 0.1) is 0 Å². The molecule has 0 aliphatic heterocycles. The standard InChI is InChI=1S/C77H132O6/c1-4-7-10-13-16-19-22-25-28-30-32-34-36-37-38-39-41-42-44-46-49-52-55-58-61-64-67-70-76(79)82-73-74(72-81-75(78)69-66-63-60-57-54-51-48-27-24-21-18-15-12-9-6-3)83-77(80)71-68-65-62-59-56-53-50-47-45-43-40-35-33-31-29-26-23-20-17-14-11-8-5-2/h7,10,16,19,23,25-28,31-34,37-38,40,43,48,74H,4-6,8-9,11-15,17-18,20-22,24,29-30,35-36,39,41-42,44-47,49-73H2,1-3H3/b10-7-,19-16-,26-23-,28-25-,33-31-,34-32-,38-37-,43-40-,48-27-. The van der Waals surface area contributed by atoms with Crippen LogP contribution in [-0.2, 0) is 28.6 Å². The maximum Gasteiger partial charge on any atom is 0.306 e. The quantitative estimate of drug-likeness (QED) is 0.0261. The molecule has 0 aliphatic carbocycles. The molecule has 0 aromatic carbocycles. The predicted molar refractivity (Wildman–Crippen MR) is 362 cm³/mol. The van der Waals surface area contributed by atoms with Crippen LogP contribution in [0.4, 0.5) is 0 Å². The van der Waals surface area contributed by atoms with E-state index >= 15 is 0 Å². The molecule has 6 heteroatoms. The number of ether oxygens (including phenoxy) is 3. The monoisotopic (exact) mass is 1150 g/mol. The molecule has 0 amide bonds. The molecule has 0 spiro atoms. The molecule has 0 saturated carbocycles. The Morgan fingerprint density at radius 1 is 0.253 bits per heavy atom. The summed E-state index contributed by atoms with van der Waals surface area (Å²) in [6.45, 7) is 6.53. The largest absolute Gasteiger partial charge is 0.462 e. The molecule has 0 aliphatic rings. The van der Waals surface area contributed by atoms with Crippen LogP contribution in [0.1, 0.15) is 342 Å². The lowest BCUT2D eigenvalue weighted by Crippen LogP contribution is -2.30. The fourth-order valence-corrected chi connectivity index (χ4v) is 9.94. The topological polar surface area (TPSA) is 78.9 Å². The molecular weight excluding hydrogens is 1020 g/mol. The number of allylic oxidation sites excluding steroid dienone is 18. The summed E-state index contributed by atoms with van der Waals surface area (Å²) in [5.74, 6) is -0.890. The van der Waals surface area contributed by atoms with Crippen molar-refractivity contribution in [2.24, 2.45) is 0 Å². The Balaban J connectivity index is 4.36. The van der Waals surface area contributed by atoms with Gasteiger partial charge < -0.3 is 14.2 Å². The van der Waals surface area contributed by atoms with Gasteiger partial charge in [-0.25, -0.2) is 0 Å². The van der Waals surface area contributed by atoms with Crippen molar-refractivity contribution >= 4 is 17.9 Å². The van der Waals surface area contributed by atoms with Gasteiger partial charge in [-0.05, 0) is 128 Å². The first kappa shape index (κ1) is 79.1. The van der Waals surface area contributed by atoms with Crippen LogP contribution >= 0.6 is 0 Å². The van der Waals surface area contributed by atoms with Crippen molar-refractivity contribution in [3.05, 3.63) is 109 Å². The van der Waals surface area contributed by atoms with Crippen LogP contribution in [-0.4, -0.2) is 37.2 Å². The number of carbonyl (C=O) groups is 3. The van der Waals surface area contributed by atoms with Crippen LogP contribution in [0.2, 0.25) is 0 Å². The molecule has 0 heterocycles. The van der Waals surface area contributed by atoms with Gasteiger partial charge in [0.15, 0.2) is 6.10 Å². The second kappa shape index (κ2) is 70.6. The molecule has 1 atom stereocenters. The number of esters is 3. The summed E-state index contributed by atoms with van der Waals surface area (Å²) in [6, 6.07) is 0. The highest BCUT2D eigenvalue weighted by atomic mass is 16.6. The molecule has 83 heavy (non-hydrogen) atoms. The van der Waals surface area contributed by atoms with E-state index in [1.165, 1.54) is 186 Å². The Hall–Kier alpha value is -3.93. The molecular formula is C77H132O6. The third kappa shape index (κ3) is 68.7. The van der Waals surface area contributed by atoms with Gasteiger partial charge in [0.2, 0.25) is 0 Å². The van der Waals surface area contributed by atoms with Crippen molar-refractivity contribution in [2.75, 3.05) is 13.2 Å². The van der Waals surface area contributed by atoms with E-state index in [0.29, 0.717) is 19.3 Å². The minimum Gasteiger partial charge on any atom is -0.462 e. The van der Waals surface area contributed by atoms with Crippen LogP contribution in [0.25, 0.3) is 0 Å². The second-order valence-corrected chi connectivity index (χ2v) is 23.4. The third-order valence-electron chi connectivity index (χ3n) is 15.2. The highest BCUT2D eigenvalue weighted by Gasteiger charge is 2.19. The predicted octanol–water partition coefficient (Wildman–Crippen LogP) is 24.6. The molecule has 476 valence electrons. The molecule has 0 aromatic rings. The molecule has 0 saturated heterocycles.